The van der Waals surface area contributed by atoms with Gasteiger partial charge in [-0.05, 0) is 42.5 Å². The highest BCUT2D eigenvalue weighted by Crippen LogP contribution is 2.19. The van der Waals surface area contributed by atoms with E-state index in [9.17, 15) is 9.59 Å². The van der Waals surface area contributed by atoms with E-state index in [1.165, 1.54) is 18.2 Å². The van der Waals surface area contributed by atoms with Crippen molar-refractivity contribution in [2.75, 3.05) is 17.7 Å². The van der Waals surface area contributed by atoms with Gasteiger partial charge in [-0.1, -0.05) is 27.5 Å². The Labute approximate surface area is 140 Å². The van der Waals surface area contributed by atoms with Crippen LogP contribution in [0.2, 0.25) is 5.02 Å². The number of carbonyl (C=O) groups is 2. The fraction of sp³-hybridized carbons (Fsp3) is 0.0667. The number of nitrogens with two attached hydrogens (primary N) is 1. The van der Waals surface area contributed by atoms with Gasteiger partial charge in [0, 0.05) is 20.9 Å². The number of nitrogens with one attached hydrogen (secondary N) is 1. The van der Waals surface area contributed by atoms with Crippen LogP contribution in [-0.4, -0.2) is 18.5 Å². The number of rotatable bonds is 4. The molecule has 0 saturated carbocycles. The monoisotopic (exact) mass is 382 g/mol. The Morgan fingerprint density at radius 2 is 1.86 bits per heavy atom. The second-order valence-electron chi connectivity index (χ2n) is 4.36. The van der Waals surface area contributed by atoms with Crippen molar-refractivity contribution in [3.05, 3.63) is 57.5 Å². The topological polar surface area (TPSA) is 81.4 Å². The minimum atomic E-state index is -0.680. The first kappa shape index (κ1) is 16.3. The molecule has 0 unspecified atom stereocenters. The number of anilines is 2. The van der Waals surface area contributed by atoms with Crippen LogP contribution in [-0.2, 0) is 9.53 Å². The molecule has 5 nitrogen and oxygen atoms in total. The predicted molar refractivity (Wildman–Crippen MR) is 88.9 cm³/mol. The Bertz CT molecular complexity index is 704. The quantitative estimate of drug-likeness (QED) is 0.625. The van der Waals surface area contributed by atoms with Crippen molar-refractivity contribution in [2.45, 2.75) is 0 Å². The number of amides is 1. The molecular weight excluding hydrogens is 372 g/mol. The van der Waals surface area contributed by atoms with Gasteiger partial charge in [-0.2, -0.15) is 0 Å². The largest absolute Gasteiger partial charge is 0.452 e. The number of halogens is 2. The van der Waals surface area contributed by atoms with Gasteiger partial charge in [0.25, 0.3) is 5.91 Å². The first-order valence-electron chi connectivity index (χ1n) is 6.23. The number of hydrogen-bond acceptors (Lipinski definition) is 4. The van der Waals surface area contributed by atoms with Crippen LogP contribution in [0.15, 0.2) is 46.9 Å². The molecule has 114 valence electrons. The van der Waals surface area contributed by atoms with Crippen LogP contribution in [0, 0.1) is 0 Å². The van der Waals surface area contributed by atoms with Crippen LogP contribution in [0.3, 0.4) is 0 Å². The van der Waals surface area contributed by atoms with Gasteiger partial charge in [-0.25, -0.2) is 4.79 Å². The number of benzene rings is 2. The van der Waals surface area contributed by atoms with Gasteiger partial charge in [0.05, 0.1) is 5.56 Å². The van der Waals surface area contributed by atoms with Gasteiger partial charge in [-0.3, -0.25) is 4.79 Å². The molecule has 0 radical (unpaired) electrons. The molecule has 0 aliphatic heterocycles. The zero-order chi connectivity index (χ0) is 16.1. The molecule has 7 heteroatoms. The summed E-state index contributed by atoms with van der Waals surface area (Å²) in [6, 6.07) is 11.4. The normalized spacial score (nSPS) is 10.1. The van der Waals surface area contributed by atoms with Gasteiger partial charge in [0.15, 0.2) is 6.61 Å². The molecule has 0 bridgehead atoms. The van der Waals surface area contributed by atoms with Crippen LogP contribution in [0.4, 0.5) is 11.4 Å². The Kier molecular flexibility index (Phi) is 5.41. The van der Waals surface area contributed by atoms with Gasteiger partial charge < -0.3 is 15.8 Å². The predicted octanol–water partition coefficient (Wildman–Crippen LogP) is 3.48. The third-order valence-electron chi connectivity index (χ3n) is 2.70. The second-order valence-corrected chi connectivity index (χ2v) is 5.71. The van der Waals surface area contributed by atoms with Crippen LogP contribution in [0.5, 0.6) is 0 Å². The standard InChI is InChI=1S/C15H12BrClN2O3/c16-9-1-4-11(5-2-9)19-14(20)8-22-15(21)12-6-3-10(17)7-13(12)18/h1-7H,8,18H2,(H,19,20). The zero-order valence-corrected chi connectivity index (χ0v) is 13.6. The van der Waals surface area contributed by atoms with E-state index in [2.05, 4.69) is 21.2 Å². The van der Waals surface area contributed by atoms with Crippen molar-refractivity contribution in [1.82, 2.24) is 0 Å². The van der Waals surface area contributed by atoms with E-state index in [1.54, 1.807) is 24.3 Å². The Hall–Kier alpha value is -2.05. The van der Waals surface area contributed by atoms with Crippen molar-refractivity contribution in [3.8, 4) is 0 Å². The third-order valence-corrected chi connectivity index (χ3v) is 3.46. The Morgan fingerprint density at radius 1 is 1.18 bits per heavy atom. The highest BCUT2D eigenvalue weighted by atomic mass is 79.9. The average Bonchev–Trinajstić information content (AvgIpc) is 2.47. The van der Waals surface area contributed by atoms with E-state index in [0.29, 0.717) is 10.7 Å². The molecule has 2 rings (SSSR count). The number of hydrogen-bond donors (Lipinski definition) is 2. The highest BCUT2D eigenvalue weighted by Gasteiger charge is 2.13. The molecule has 0 aliphatic carbocycles. The first-order chi connectivity index (χ1) is 10.5. The zero-order valence-electron chi connectivity index (χ0n) is 11.3. The van der Waals surface area contributed by atoms with E-state index in [1.807, 2.05) is 0 Å². The number of carbonyl (C=O) groups excluding carboxylic acids is 2. The van der Waals surface area contributed by atoms with E-state index in [0.717, 1.165) is 4.47 Å². The summed E-state index contributed by atoms with van der Waals surface area (Å²) < 4.78 is 5.82. The summed E-state index contributed by atoms with van der Waals surface area (Å²) in [7, 11) is 0. The lowest BCUT2D eigenvalue weighted by Crippen LogP contribution is -2.21. The van der Waals surface area contributed by atoms with Crippen molar-refractivity contribution in [1.29, 1.82) is 0 Å². The maximum absolute atomic E-state index is 11.8. The summed E-state index contributed by atoms with van der Waals surface area (Å²) in [6.07, 6.45) is 0. The SMILES string of the molecule is Nc1cc(Cl)ccc1C(=O)OCC(=O)Nc1ccc(Br)cc1. The minimum Gasteiger partial charge on any atom is -0.452 e. The number of esters is 1. The summed E-state index contributed by atoms with van der Waals surface area (Å²) in [5.41, 5.74) is 6.65. The molecule has 22 heavy (non-hydrogen) atoms. The molecule has 0 aromatic heterocycles. The summed E-state index contributed by atoms with van der Waals surface area (Å²) in [6.45, 7) is -0.406. The number of nitrogen functional groups attached to an aromatic ring is 1. The maximum Gasteiger partial charge on any atom is 0.340 e. The van der Waals surface area contributed by atoms with Crippen molar-refractivity contribution < 1.29 is 14.3 Å². The Balaban J connectivity index is 1.90. The molecule has 0 atom stereocenters. The molecule has 1 amide bonds. The van der Waals surface area contributed by atoms with Gasteiger partial charge >= 0.3 is 5.97 Å². The average molecular weight is 384 g/mol. The van der Waals surface area contributed by atoms with Crippen molar-refractivity contribution >= 4 is 50.8 Å². The first-order valence-corrected chi connectivity index (χ1v) is 7.40. The van der Waals surface area contributed by atoms with Crippen LogP contribution < -0.4 is 11.1 Å². The van der Waals surface area contributed by atoms with Gasteiger partial charge in [-0.15, -0.1) is 0 Å². The molecule has 0 spiro atoms. The van der Waals surface area contributed by atoms with Crippen LogP contribution >= 0.6 is 27.5 Å². The second kappa shape index (κ2) is 7.29. The molecule has 0 aliphatic rings. The lowest BCUT2D eigenvalue weighted by atomic mass is 10.2. The van der Waals surface area contributed by atoms with Crippen molar-refractivity contribution in [3.63, 3.8) is 0 Å². The van der Waals surface area contributed by atoms with Crippen LogP contribution in [0.1, 0.15) is 10.4 Å². The molecule has 3 N–H and O–H groups in total. The Morgan fingerprint density at radius 3 is 2.50 bits per heavy atom. The fourth-order valence-electron chi connectivity index (χ4n) is 1.66. The summed E-state index contributed by atoms with van der Waals surface area (Å²) in [5.74, 6) is -1.12. The van der Waals surface area contributed by atoms with E-state index < -0.39 is 18.5 Å². The van der Waals surface area contributed by atoms with Crippen LogP contribution in [0.25, 0.3) is 0 Å². The number of ether oxygens (including phenoxy) is 1. The summed E-state index contributed by atoms with van der Waals surface area (Å²) >= 11 is 9.05. The summed E-state index contributed by atoms with van der Waals surface area (Å²) in [5, 5.41) is 3.03. The van der Waals surface area contributed by atoms with Gasteiger partial charge in [0.1, 0.15) is 0 Å². The molecule has 2 aromatic carbocycles. The smallest absolute Gasteiger partial charge is 0.340 e. The van der Waals surface area contributed by atoms with E-state index in [4.69, 9.17) is 22.1 Å². The molecule has 0 fully saturated rings. The van der Waals surface area contributed by atoms with Gasteiger partial charge in [0.2, 0.25) is 0 Å². The molecular formula is C15H12BrClN2O3. The highest BCUT2D eigenvalue weighted by molar-refractivity contribution is 9.10. The molecule has 0 heterocycles. The molecule has 0 saturated heterocycles. The lowest BCUT2D eigenvalue weighted by Gasteiger charge is -2.08. The van der Waals surface area contributed by atoms with E-state index >= 15 is 0 Å². The molecule has 2 aromatic rings. The van der Waals surface area contributed by atoms with Crippen molar-refractivity contribution in [2.24, 2.45) is 0 Å². The summed E-state index contributed by atoms with van der Waals surface area (Å²) in [4.78, 5) is 23.6. The minimum absolute atomic E-state index is 0.167. The maximum atomic E-state index is 11.8. The third kappa shape index (κ3) is 4.47. The lowest BCUT2D eigenvalue weighted by molar-refractivity contribution is -0.119. The van der Waals surface area contributed by atoms with E-state index in [-0.39, 0.29) is 11.3 Å². The fourth-order valence-corrected chi connectivity index (χ4v) is 2.10.